The van der Waals surface area contributed by atoms with E-state index in [9.17, 15) is 27.6 Å². The van der Waals surface area contributed by atoms with Crippen molar-refractivity contribution in [3.63, 3.8) is 0 Å². The molecular formula is C32H39BrF3N7O4. The molecule has 3 fully saturated rings. The molecule has 3 saturated heterocycles. The highest BCUT2D eigenvalue weighted by atomic mass is 79.9. The second-order valence-electron chi connectivity index (χ2n) is 12.5. The van der Waals surface area contributed by atoms with Crippen LogP contribution in [0.2, 0.25) is 0 Å². The van der Waals surface area contributed by atoms with Crippen LogP contribution in [0.15, 0.2) is 45.7 Å². The first-order valence-corrected chi connectivity index (χ1v) is 16.8. The average Bonchev–Trinajstić information content (AvgIpc) is 3.41. The SMILES string of the molecule is Nc1c(Br)cc(C[C@@H](OC(=O)N2CCC(n3c(=O)[nH]c4ccccc43)CC2)C(=O)N2CCN(C3CCNCC3)CC2)cc1C(F)(F)F. The van der Waals surface area contributed by atoms with Crippen LogP contribution in [0.25, 0.3) is 11.0 Å². The number of hydrogen-bond donors (Lipinski definition) is 3. The molecule has 0 bridgehead atoms. The number of piperidine rings is 2. The van der Waals surface area contributed by atoms with E-state index < -0.39 is 35.5 Å². The van der Waals surface area contributed by atoms with Gasteiger partial charge in [-0.15, -0.1) is 0 Å². The number of ether oxygens (including phenoxy) is 1. The highest BCUT2D eigenvalue weighted by molar-refractivity contribution is 9.10. The molecule has 1 atom stereocenters. The van der Waals surface area contributed by atoms with Crippen molar-refractivity contribution in [2.75, 3.05) is 58.1 Å². The number of piperazine rings is 1. The molecule has 0 spiro atoms. The molecule has 6 rings (SSSR count). The Morgan fingerprint density at radius 3 is 2.32 bits per heavy atom. The lowest BCUT2D eigenvalue weighted by atomic mass is 10.0. The largest absolute Gasteiger partial charge is 0.436 e. The first-order valence-electron chi connectivity index (χ1n) is 16.0. The molecule has 4 N–H and O–H groups in total. The first kappa shape index (κ1) is 33.3. The molecule has 3 aromatic rings. The van der Waals surface area contributed by atoms with Gasteiger partial charge in [-0.05, 0) is 84.5 Å². The van der Waals surface area contributed by atoms with Crippen molar-refractivity contribution in [1.82, 2.24) is 29.6 Å². The summed E-state index contributed by atoms with van der Waals surface area (Å²) < 4.78 is 48.9. The Kier molecular flexibility index (Phi) is 9.85. The molecular weight excluding hydrogens is 683 g/mol. The fourth-order valence-electron chi connectivity index (χ4n) is 7.04. The van der Waals surface area contributed by atoms with Crippen LogP contribution in [0, 0.1) is 0 Å². The van der Waals surface area contributed by atoms with Gasteiger partial charge >= 0.3 is 18.0 Å². The van der Waals surface area contributed by atoms with Crippen molar-refractivity contribution in [3.05, 3.63) is 62.5 Å². The fraction of sp³-hybridized carbons (Fsp3) is 0.531. The van der Waals surface area contributed by atoms with E-state index in [1.54, 1.807) is 9.47 Å². The Bertz CT molecular complexity index is 1660. The van der Waals surface area contributed by atoms with Gasteiger partial charge in [0.2, 0.25) is 0 Å². The van der Waals surface area contributed by atoms with Gasteiger partial charge in [-0.3, -0.25) is 14.3 Å². The molecule has 15 heteroatoms. The van der Waals surface area contributed by atoms with Crippen molar-refractivity contribution in [1.29, 1.82) is 0 Å². The summed E-state index contributed by atoms with van der Waals surface area (Å²) in [6, 6.07) is 10.1. The van der Waals surface area contributed by atoms with Gasteiger partial charge in [0.05, 0.1) is 22.3 Å². The molecule has 0 unspecified atom stereocenters. The van der Waals surface area contributed by atoms with Gasteiger partial charge in [-0.2, -0.15) is 13.2 Å². The predicted molar refractivity (Wildman–Crippen MR) is 174 cm³/mol. The molecule has 1 aromatic heterocycles. The van der Waals surface area contributed by atoms with Crippen LogP contribution in [-0.4, -0.2) is 101 Å². The second-order valence-corrected chi connectivity index (χ2v) is 13.3. The molecule has 254 valence electrons. The lowest BCUT2D eigenvalue weighted by Crippen LogP contribution is -2.56. The third-order valence-corrected chi connectivity index (χ3v) is 10.3. The minimum atomic E-state index is -4.71. The summed E-state index contributed by atoms with van der Waals surface area (Å²) in [6.07, 6.45) is -3.95. The quantitative estimate of drug-likeness (QED) is 0.329. The van der Waals surface area contributed by atoms with E-state index in [2.05, 4.69) is 31.1 Å². The summed E-state index contributed by atoms with van der Waals surface area (Å²) >= 11 is 3.12. The number of nitrogens with one attached hydrogen (secondary N) is 2. The Morgan fingerprint density at radius 1 is 0.957 bits per heavy atom. The van der Waals surface area contributed by atoms with Crippen LogP contribution in [0.1, 0.15) is 42.9 Å². The fourth-order valence-corrected chi connectivity index (χ4v) is 7.55. The molecule has 11 nitrogen and oxygen atoms in total. The standard InChI is InChI=1S/C32H39BrF3N7O4/c33-24-18-20(17-23(28(24)37)32(34,35)36)19-27(29(44)41-15-13-40(14-16-41)21-5-9-38-10-6-21)47-31(46)42-11-7-22(8-12-42)43-26-4-2-1-3-25(26)39-30(43)45/h1-4,17-18,21-22,27,38H,5-16,19,37H2,(H,39,45)/t27-/m1/s1. The van der Waals surface area contributed by atoms with Crippen LogP contribution in [0.3, 0.4) is 0 Å². The van der Waals surface area contributed by atoms with E-state index >= 15 is 0 Å². The third-order valence-electron chi connectivity index (χ3n) is 9.60. The molecule has 2 aromatic carbocycles. The number of amides is 2. The number of nitrogens with zero attached hydrogens (tertiary/aromatic N) is 4. The van der Waals surface area contributed by atoms with Crippen LogP contribution in [0.5, 0.6) is 0 Å². The maximum Gasteiger partial charge on any atom is 0.418 e. The number of halogens is 4. The van der Waals surface area contributed by atoms with Crippen molar-refractivity contribution in [3.8, 4) is 0 Å². The summed E-state index contributed by atoms with van der Waals surface area (Å²) in [5, 5.41) is 3.36. The molecule has 3 aliphatic rings. The Balaban J connectivity index is 1.16. The highest BCUT2D eigenvalue weighted by Crippen LogP contribution is 2.38. The van der Waals surface area contributed by atoms with Crippen molar-refractivity contribution in [2.24, 2.45) is 0 Å². The van der Waals surface area contributed by atoms with E-state index in [0.29, 0.717) is 45.1 Å². The van der Waals surface area contributed by atoms with Crippen LogP contribution in [-0.2, 0) is 22.1 Å². The minimum Gasteiger partial charge on any atom is -0.436 e. The number of hydrogen-bond acceptors (Lipinski definition) is 7. The maximum atomic E-state index is 13.9. The molecule has 0 saturated carbocycles. The Labute approximate surface area is 278 Å². The Morgan fingerprint density at radius 2 is 1.64 bits per heavy atom. The van der Waals surface area contributed by atoms with Crippen LogP contribution >= 0.6 is 15.9 Å². The number of carbonyl (C=O) groups is 2. The summed E-state index contributed by atoms with van der Waals surface area (Å²) in [4.78, 5) is 48.5. The normalized spacial score (nSPS) is 19.7. The molecule has 0 aliphatic carbocycles. The molecule has 0 radical (unpaired) electrons. The second kappa shape index (κ2) is 13.9. The summed E-state index contributed by atoms with van der Waals surface area (Å²) in [6.45, 7) is 4.69. The number of nitrogens with two attached hydrogens (primary N) is 1. The van der Waals surface area contributed by atoms with Gasteiger partial charge in [0.1, 0.15) is 0 Å². The Hall–Kier alpha value is -3.56. The molecule has 47 heavy (non-hydrogen) atoms. The van der Waals surface area contributed by atoms with E-state index in [1.807, 2.05) is 24.3 Å². The number of carbonyl (C=O) groups excluding carboxylic acids is 2. The van der Waals surface area contributed by atoms with E-state index in [-0.39, 0.29) is 41.3 Å². The monoisotopic (exact) mass is 721 g/mol. The van der Waals surface area contributed by atoms with Crippen molar-refractivity contribution < 1.29 is 27.5 Å². The number of likely N-dealkylation sites (tertiary alicyclic amines) is 1. The zero-order valence-corrected chi connectivity index (χ0v) is 27.5. The van der Waals surface area contributed by atoms with E-state index in [4.69, 9.17) is 10.5 Å². The number of fused-ring (bicyclic) bond motifs is 1. The van der Waals surface area contributed by atoms with Gasteiger partial charge in [0.15, 0.2) is 6.10 Å². The van der Waals surface area contributed by atoms with Gasteiger partial charge in [0, 0.05) is 62.2 Å². The maximum absolute atomic E-state index is 13.9. The van der Waals surface area contributed by atoms with E-state index in [0.717, 1.165) is 43.0 Å². The zero-order chi connectivity index (χ0) is 33.3. The van der Waals surface area contributed by atoms with Gasteiger partial charge in [-0.25, -0.2) is 9.59 Å². The van der Waals surface area contributed by atoms with Gasteiger partial charge in [0.25, 0.3) is 5.91 Å². The van der Waals surface area contributed by atoms with Gasteiger partial charge < -0.3 is 30.6 Å². The highest BCUT2D eigenvalue weighted by Gasteiger charge is 2.37. The summed E-state index contributed by atoms with van der Waals surface area (Å²) in [7, 11) is 0. The van der Waals surface area contributed by atoms with Gasteiger partial charge in [-0.1, -0.05) is 12.1 Å². The van der Waals surface area contributed by atoms with Crippen LogP contribution in [0.4, 0.5) is 23.7 Å². The first-order chi connectivity index (χ1) is 22.5. The number of rotatable bonds is 6. The lowest BCUT2D eigenvalue weighted by molar-refractivity contribution is -0.143. The van der Waals surface area contributed by atoms with Crippen LogP contribution < -0.4 is 16.7 Å². The number of benzene rings is 2. The number of imidazole rings is 1. The van der Waals surface area contributed by atoms with E-state index in [1.165, 1.54) is 11.0 Å². The molecule has 3 aliphatic heterocycles. The topological polar surface area (TPSA) is 129 Å². The lowest BCUT2D eigenvalue weighted by Gasteiger charge is -2.41. The minimum absolute atomic E-state index is 0.0463. The third kappa shape index (κ3) is 7.31. The average molecular weight is 723 g/mol. The number of anilines is 1. The number of aromatic nitrogens is 2. The predicted octanol–water partition coefficient (Wildman–Crippen LogP) is 3.97. The van der Waals surface area contributed by atoms with Crippen molar-refractivity contribution >= 4 is 44.7 Å². The molecule has 2 amide bonds. The molecule has 4 heterocycles. The number of H-pyrrole nitrogens is 1. The zero-order valence-electron chi connectivity index (χ0n) is 25.9. The smallest absolute Gasteiger partial charge is 0.418 e. The summed E-state index contributed by atoms with van der Waals surface area (Å²) in [5.74, 6) is -0.440. The number of alkyl halides is 3. The van der Waals surface area contributed by atoms with Crippen molar-refractivity contribution in [2.45, 2.75) is 56.5 Å². The number of nitrogen functional groups attached to an aromatic ring is 1. The summed E-state index contributed by atoms with van der Waals surface area (Å²) in [5.41, 5.74) is 5.71. The number of para-hydroxylation sites is 2. The number of aromatic amines is 1.